The molecular formula is C52H56O8. The predicted molar refractivity (Wildman–Crippen MR) is 232 cm³/mol. The van der Waals surface area contributed by atoms with Gasteiger partial charge in [0.25, 0.3) is 0 Å². The second-order valence-corrected chi connectivity index (χ2v) is 17.6. The van der Waals surface area contributed by atoms with E-state index < -0.39 is 42.0 Å². The second kappa shape index (κ2) is 18.0. The van der Waals surface area contributed by atoms with Crippen LogP contribution in [0, 0.1) is 11.8 Å². The summed E-state index contributed by atoms with van der Waals surface area (Å²) in [5, 5.41) is 10.8. The number of benzene rings is 4. The lowest BCUT2D eigenvalue weighted by Gasteiger charge is -2.50. The third kappa shape index (κ3) is 8.99. The number of hydrogen-bond acceptors (Lipinski definition) is 8. The molecule has 9 rings (SSSR count). The van der Waals surface area contributed by atoms with Gasteiger partial charge in [-0.05, 0) is 124 Å². The van der Waals surface area contributed by atoms with Crippen molar-refractivity contribution in [1.29, 1.82) is 0 Å². The molecule has 4 atom stereocenters. The Kier molecular flexibility index (Phi) is 12.4. The molecular weight excluding hydrogens is 753 g/mol. The number of fused-ring (bicyclic) bond motifs is 13. The highest BCUT2D eigenvalue weighted by Gasteiger charge is 2.56. The van der Waals surface area contributed by atoms with Crippen molar-refractivity contribution in [2.24, 2.45) is 11.8 Å². The zero-order valence-corrected chi connectivity index (χ0v) is 35.0. The fourth-order valence-corrected chi connectivity index (χ4v) is 9.81. The first-order valence-corrected chi connectivity index (χ1v) is 21.7. The maximum Gasteiger partial charge on any atom is 0.336 e. The maximum atomic E-state index is 14.7. The van der Waals surface area contributed by atoms with Crippen molar-refractivity contribution in [3.8, 4) is 5.75 Å². The molecule has 1 aromatic heterocycles. The van der Waals surface area contributed by atoms with Crippen LogP contribution in [0.25, 0.3) is 11.0 Å². The average molecular weight is 809 g/mol. The van der Waals surface area contributed by atoms with Gasteiger partial charge >= 0.3 is 17.6 Å². The van der Waals surface area contributed by atoms with E-state index in [1.807, 2.05) is 26.8 Å². The quantitative estimate of drug-likeness (QED) is 0.0983. The van der Waals surface area contributed by atoms with Gasteiger partial charge < -0.3 is 23.7 Å². The molecule has 1 saturated carbocycles. The lowest BCUT2D eigenvalue weighted by molar-refractivity contribution is -0.201. The molecule has 2 bridgehead atoms. The minimum atomic E-state index is -1.15. The second-order valence-electron chi connectivity index (χ2n) is 17.6. The van der Waals surface area contributed by atoms with Gasteiger partial charge in [-0.3, -0.25) is 4.79 Å². The van der Waals surface area contributed by atoms with Gasteiger partial charge in [-0.2, -0.15) is 0 Å². The zero-order chi connectivity index (χ0) is 41.8. The Balaban J connectivity index is 1.20. The molecule has 4 aromatic carbocycles. The van der Waals surface area contributed by atoms with Crippen LogP contribution in [0.1, 0.15) is 117 Å². The Hall–Kier alpha value is -5.47. The van der Waals surface area contributed by atoms with Crippen LogP contribution in [-0.4, -0.2) is 28.8 Å². The first-order valence-electron chi connectivity index (χ1n) is 21.7. The van der Waals surface area contributed by atoms with Crippen LogP contribution >= 0.6 is 0 Å². The summed E-state index contributed by atoms with van der Waals surface area (Å²) >= 11 is 0. The summed E-state index contributed by atoms with van der Waals surface area (Å²) in [6.45, 7) is 5.42. The van der Waals surface area contributed by atoms with E-state index in [2.05, 4.69) is 72.8 Å². The predicted octanol–water partition coefficient (Wildman–Crippen LogP) is 10.3. The maximum absolute atomic E-state index is 14.7. The molecule has 0 radical (unpaired) electrons. The number of aliphatic hydroxyl groups is 1. The van der Waals surface area contributed by atoms with Crippen LogP contribution in [0.4, 0.5) is 0 Å². The Bertz CT molecular complexity index is 2420. The van der Waals surface area contributed by atoms with E-state index in [9.17, 15) is 19.5 Å². The van der Waals surface area contributed by atoms with E-state index in [-0.39, 0.29) is 23.8 Å². The van der Waals surface area contributed by atoms with Crippen molar-refractivity contribution in [2.45, 2.75) is 122 Å². The Morgan fingerprint density at radius 1 is 0.767 bits per heavy atom. The van der Waals surface area contributed by atoms with Crippen LogP contribution in [0.5, 0.6) is 5.75 Å². The molecule has 4 aliphatic rings. The van der Waals surface area contributed by atoms with Crippen molar-refractivity contribution in [2.75, 3.05) is 0 Å². The first-order chi connectivity index (χ1) is 29.1. The highest BCUT2D eigenvalue weighted by molar-refractivity contribution is 5.90. The smallest absolute Gasteiger partial charge is 0.336 e. The molecule has 60 heavy (non-hydrogen) atoms. The third-order valence-electron chi connectivity index (χ3n) is 13.1. The van der Waals surface area contributed by atoms with Gasteiger partial charge in [0.2, 0.25) is 0 Å². The van der Waals surface area contributed by atoms with Crippen molar-refractivity contribution in [3.05, 3.63) is 158 Å². The minimum absolute atomic E-state index is 0.00556. The summed E-state index contributed by atoms with van der Waals surface area (Å²) in [4.78, 5) is 42.3. The topological polar surface area (TPSA) is 112 Å². The molecule has 0 amide bonds. The fourth-order valence-electron chi connectivity index (χ4n) is 9.81. The number of carbonyl (C=O) groups is 2. The number of aliphatic hydroxyl groups excluding tert-OH is 1. The third-order valence-corrected chi connectivity index (χ3v) is 13.1. The largest absolute Gasteiger partial charge is 0.483 e. The lowest BCUT2D eigenvalue weighted by Crippen LogP contribution is -2.58. The van der Waals surface area contributed by atoms with Gasteiger partial charge in [-0.25, -0.2) is 9.59 Å². The van der Waals surface area contributed by atoms with E-state index in [4.69, 9.17) is 18.6 Å². The van der Waals surface area contributed by atoms with Gasteiger partial charge in [0.15, 0.2) is 12.2 Å². The number of carbonyl (C=O) groups excluding carboxylic acids is 2. The van der Waals surface area contributed by atoms with E-state index in [0.29, 0.717) is 47.1 Å². The van der Waals surface area contributed by atoms with Gasteiger partial charge in [-0.1, -0.05) is 104 Å². The summed E-state index contributed by atoms with van der Waals surface area (Å²) in [5.41, 5.74) is 6.50. The van der Waals surface area contributed by atoms with Crippen LogP contribution in [0.15, 0.2) is 117 Å². The van der Waals surface area contributed by atoms with Crippen molar-refractivity contribution in [3.63, 3.8) is 0 Å². The molecule has 0 unspecified atom stereocenters. The number of ether oxygens (including phenoxy) is 3. The number of esters is 2. The van der Waals surface area contributed by atoms with Gasteiger partial charge in [-0.15, -0.1) is 0 Å². The lowest BCUT2D eigenvalue weighted by atomic mass is 9.71. The molecule has 5 aromatic rings. The molecule has 1 fully saturated rings. The first kappa shape index (κ1) is 41.3. The zero-order valence-electron chi connectivity index (χ0n) is 35.0. The highest BCUT2D eigenvalue weighted by Crippen LogP contribution is 2.52. The van der Waals surface area contributed by atoms with Gasteiger partial charge in [0.05, 0.1) is 12.2 Å². The molecule has 312 valence electrons. The molecule has 8 nitrogen and oxygen atoms in total. The monoisotopic (exact) mass is 808 g/mol. The standard InChI is InChI=1S/C52H56O8/c1-33(2)42-24-23-34-17-19-37(20-18-34)29-39(22-21-36-13-10-14-38(28-36)27-35-11-6-4-7-12-35)30-45(54)58-49-47-44(26-25-43-40(32-53)31-46(55)57-48(43)47)60-52(3,50(49)59-51(42)56)41-15-8-5-9-16-41/h4,6-7,10-14,17-20,25-26,28,31,39,41,49-50,53H,5,8-9,15-16,21-24,27,29-30,32H2,1-3H3/t39-,49-,50-,52-/m0/s1. The van der Waals surface area contributed by atoms with Gasteiger partial charge in [0, 0.05) is 29.4 Å². The Morgan fingerprint density at radius 3 is 2.25 bits per heavy atom. The van der Waals surface area contributed by atoms with E-state index in [1.54, 1.807) is 12.1 Å². The van der Waals surface area contributed by atoms with Crippen LogP contribution < -0.4 is 10.4 Å². The Morgan fingerprint density at radius 2 is 1.50 bits per heavy atom. The number of aryl methyl sites for hydroxylation is 2. The van der Waals surface area contributed by atoms with Crippen molar-refractivity contribution >= 4 is 22.9 Å². The minimum Gasteiger partial charge on any atom is -0.483 e. The summed E-state index contributed by atoms with van der Waals surface area (Å²) < 4.78 is 26.3. The Labute approximate surface area is 352 Å². The summed E-state index contributed by atoms with van der Waals surface area (Å²) in [5.74, 6) is -0.588. The van der Waals surface area contributed by atoms with Crippen LogP contribution in [0.2, 0.25) is 0 Å². The van der Waals surface area contributed by atoms with E-state index >= 15 is 0 Å². The molecule has 8 heteroatoms. The molecule has 0 saturated heterocycles. The molecule has 3 aliphatic heterocycles. The number of allylic oxidation sites excluding steroid dienone is 1. The molecule has 4 heterocycles. The molecule has 0 spiro atoms. The van der Waals surface area contributed by atoms with Crippen LogP contribution in [-0.2, 0) is 51.4 Å². The number of hydrogen-bond donors (Lipinski definition) is 1. The fraction of sp³-hybridized carbons (Fsp3) is 0.404. The SMILES string of the molecule is CC(C)=C1CCc2ccc(cc2)C[C@H](CCc2cccc(Cc3ccccc3)c2)CC(=O)O[C@H]2c3c(ccc4c(CO)cc(=O)oc34)O[C@@](C)(C3CCCCC3)[C@H]2OC1=O. The van der Waals surface area contributed by atoms with Crippen LogP contribution in [0.3, 0.4) is 0 Å². The van der Waals surface area contributed by atoms with Crippen molar-refractivity contribution in [1.82, 2.24) is 0 Å². The van der Waals surface area contributed by atoms with Crippen molar-refractivity contribution < 1.29 is 33.3 Å². The van der Waals surface area contributed by atoms with E-state index in [0.717, 1.165) is 68.1 Å². The normalized spacial score (nSPS) is 22.7. The number of rotatable bonds is 7. The van der Waals surface area contributed by atoms with E-state index in [1.165, 1.54) is 22.8 Å². The summed E-state index contributed by atoms with van der Waals surface area (Å²) in [6.07, 6.45) is 6.90. The summed E-state index contributed by atoms with van der Waals surface area (Å²) in [6, 6.07) is 32.5. The average Bonchev–Trinajstić information content (AvgIpc) is 3.24. The summed E-state index contributed by atoms with van der Waals surface area (Å²) in [7, 11) is 0. The molecule has 1 aliphatic carbocycles. The van der Waals surface area contributed by atoms with Gasteiger partial charge in [0.1, 0.15) is 16.9 Å². The highest BCUT2D eigenvalue weighted by atomic mass is 16.6. The molecule has 1 N–H and O–H groups in total.